The maximum absolute atomic E-state index is 10.9. The molecule has 1 saturated carbocycles. The molecule has 0 aromatic heterocycles. The number of hydrogen-bond acceptors (Lipinski definition) is 1. The summed E-state index contributed by atoms with van der Waals surface area (Å²) in [6.07, 6.45) is 7.02. The van der Waals surface area contributed by atoms with Gasteiger partial charge in [0.15, 0.2) is 0 Å². The zero-order valence-electron chi connectivity index (χ0n) is 10.6. The molecule has 0 aromatic rings. The minimum absolute atomic E-state index is 0. The molecule has 1 rings (SSSR count). The van der Waals surface area contributed by atoms with Gasteiger partial charge < -0.3 is 18.1 Å². The first-order valence-corrected chi connectivity index (χ1v) is 5.83. The topological polar surface area (TPSA) is 29.4 Å². The van der Waals surface area contributed by atoms with Gasteiger partial charge in [-0.25, -0.2) is 0 Å². The maximum Gasteiger partial charge on any atom is 2.00 e. The van der Waals surface area contributed by atoms with E-state index in [9.17, 15) is 4.79 Å². The minimum atomic E-state index is -0.0842. The van der Waals surface area contributed by atoms with Crippen LogP contribution in [-0.4, -0.2) is 11.6 Å². The van der Waals surface area contributed by atoms with E-state index in [0.717, 1.165) is 25.0 Å². The van der Waals surface area contributed by atoms with Gasteiger partial charge >= 0.3 is 16.8 Å². The van der Waals surface area contributed by atoms with Crippen LogP contribution in [0.3, 0.4) is 0 Å². The number of carbonyl (C=O) groups excluding carboxylic acids is 1. The monoisotopic (exact) mass is 268 g/mol. The van der Waals surface area contributed by atoms with E-state index in [1.165, 1.54) is 19.3 Å². The summed E-state index contributed by atoms with van der Waals surface area (Å²) in [5.41, 5.74) is 1.09. The zero-order valence-corrected chi connectivity index (χ0v) is 11.6. The molecule has 0 heterocycles. The molecule has 1 amide bonds. The van der Waals surface area contributed by atoms with Crippen LogP contribution in [-0.2, 0) is 21.6 Å². The Hall–Kier alpha value is -0.284. The average Bonchev–Trinajstić information content (AvgIpc) is 2.19. The molecule has 0 aromatic carbocycles. The molecular formula is C13H23CoNO. The van der Waals surface area contributed by atoms with E-state index in [1.54, 1.807) is 6.92 Å². The van der Waals surface area contributed by atoms with Crippen molar-refractivity contribution in [2.45, 2.75) is 52.9 Å². The number of amides is 1. The Bertz CT molecular complexity index is 214. The third-order valence-electron chi connectivity index (χ3n) is 2.26. The summed E-state index contributed by atoms with van der Waals surface area (Å²) >= 11 is 0. The van der Waals surface area contributed by atoms with E-state index < -0.39 is 0 Å². The predicted molar refractivity (Wildman–Crippen MR) is 65.7 cm³/mol. The van der Waals surface area contributed by atoms with Crippen molar-refractivity contribution in [1.82, 2.24) is 0 Å². The van der Waals surface area contributed by atoms with E-state index in [4.69, 9.17) is 0 Å². The molecule has 2 nitrogen and oxygen atoms in total. The van der Waals surface area contributed by atoms with Crippen molar-refractivity contribution in [1.29, 1.82) is 0 Å². The molecule has 0 saturated heterocycles. The molecule has 0 N–H and O–H groups in total. The van der Waals surface area contributed by atoms with Crippen LogP contribution in [0.2, 0.25) is 0 Å². The fraction of sp³-hybridized carbons (Fsp3) is 0.692. The molecule has 1 fully saturated rings. The Morgan fingerprint density at radius 1 is 1.62 bits per heavy atom. The summed E-state index contributed by atoms with van der Waals surface area (Å²) in [6, 6.07) is 0. The van der Waals surface area contributed by atoms with Crippen molar-refractivity contribution in [3.8, 4) is 0 Å². The minimum Gasteiger partial charge on any atom is -0.344 e. The van der Waals surface area contributed by atoms with Crippen LogP contribution < -0.4 is 0 Å². The van der Waals surface area contributed by atoms with Gasteiger partial charge in [-0.3, -0.25) is 4.99 Å². The first-order valence-electron chi connectivity index (χ1n) is 5.83. The van der Waals surface area contributed by atoms with Gasteiger partial charge in [0.05, 0.1) is 0 Å². The molecule has 0 spiro atoms. The molecule has 95 valence electrons. The molecule has 1 atom stereocenters. The molecule has 1 radical (unpaired) electrons. The number of nitrogens with zero attached hydrogens (tertiary/aromatic N) is 1. The van der Waals surface area contributed by atoms with Crippen LogP contribution in [0.4, 0.5) is 0 Å². The van der Waals surface area contributed by atoms with Gasteiger partial charge in [-0.1, -0.05) is 13.8 Å². The molecule has 16 heavy (non-hydrogen) atoms. The number of aliphatic imine (C=N–C) groups is 1. The van der Waals surface area contributed by atoms with Crippen LogP contribution in [0.25, 0.3) is 0 Å². The third kappa shape index (κ3) is 8.98. The van der Waals surface area contributed by atoms with Gasteiger partial charge in [0.1, 0.15) is 5.91 Å². The largest absolute Gasteiger partial charge is 2.00 e. The van der Waals surface area contributed by atoms with E-state index in [1.807, 2.05) is 6.92 Å². The van der Waals surface area contributed by atoms with Crippen LogP contribution in [0.5, 0.6) is 0 Å². The standard InChI is InChI=1S/C10H16NO.C3H7.Co/c1-3-10(12)11-9-6-4-5-8(2)7-9;1-3-2;/h3,8H,4-7H2,1-2H3;1,3H2,2H3;/q2*-1;+2. The van der Waals surface area contributed by atoms with E-state index >= 15 is 0 Å². The van der Waals surface area contributed by atoms with Crippen LogP contribution in [0, 0.1) is 19.3 Å². The van der Waals surface area contributed by atoms with Crippen molar-refractivity contribution < 1.29 is 21.6 Å². The van der Waals surface area contributed by atoms with E-state index in [-0.39, 0.29) is 22.7 Å². The first-order chi connectivity index (χ1) is 7.13. The van der Waals surface area contributed by atoms with Gasteiger partial charge in [0.25, 0.3) is 0 Å². The third-order valence-corrected chi connectivity index (χ3v) is 2.26. The Kier molecular flexibility index (Phi) is 12.7. The average molecular weight is 268 g/mol. The first kappa shape index (κ1) is 18.1. The smallest absolute Gasteiger partial charge is 0.344 e. The molecule has 1 unspecified atom stereocenters. The SMILES string of the molecule is C[CH-]C(=O)N=C1CCCC(C)C1.[CH2-]CC.[Co+2]. The van der Waals surface area contributed by atoms with Crippen LogP contribution >= 0.6 is 0 Å². The molecule has 1 aliphatic rings. The quantitative estimate of drug-likeness (QED) is 0.668. The Balaban J connectivity index is 0. The van der Waals surface area contributed by atoms with Crippen molar-refractivity contribution in [2.75, 3.05) is 0 Å². The Labute approximate surface area is 110 Å². The van der Waals surface area contributed by atoms with Crippen molar-refractivity contribution in [3.63, 3.8) is 0 Å². The second-order valence-electron chi connectivity index (χ2n) is 4.01. The van der Waals surface area contributed by atoms with Gasteiger partial charge in [0, 0.05) is 5.71 Å². The molecular weight excluding hydrogens is 245 g/mol. The fourth-order valence-electron chi connectivity index (χ4n) is 1.58. The number of carbonyl (C=O) groups is 1. The van der Waals surface area contributed by atoms with Gasteiger partial charge in [-0.05, 0) is 31.6 Å². The summed E-state index contributed by atoms with van der Waals surface area (Å²) in [4.78, 5) is 15.0. The summed E-state index contributed by atoms with van der Waals surface area (Å²) in [6.45, 7) is 9.45. The fourth-order valence-corrected chi connectivity index (χ4v) is 1.58. The summed E-state index contributed by atoms with van der Waals surface area (Å²) in [5, 5.41) is 0. The Morgan fingerprint density at radius 3 is 2.62 bits per heavy atom. The molecule has 0 bridgehead atoms. The number of rotatable bonds is 1. The number of hydrogen-bond donors (Lipinski definition) is 0. The normalized spacial score (nSPS) is 21.5. The molecule has 0 aliphatic heterocycles. The van der Waals surface area contributed by atoms with Gasteiger partial charge in [-0.15, -0.1) is 0 Å². The molecule has 1 aliphatic carbocycles. The van der Waals surface area contributed by atoms with Gasteiger partial charge in [0.2, 0.25) is 0 Å². The zero-order chi connectivity index (χ0) is 11.7. The van der Waals surface area contributed by atoms with Crippen molar-refractivity contribution in [3.05, 3.63) is 13.3 Å². The maximum atomic E-state index is 10.9. The van der Waals surface area contributed by atoms with E-state index in [0.29, 0.717) is 5.92 Å². The summed E-state index contributed by atoms with van der Waals surface area (Å²) < 4.78 is 0. The van der Waals surface area contributed by atoms with Gasteiger partial charge in [-0.2, -0.15) is 13.3 Å². The van der Waals surface area contributed by atoms with Crippen molar-refractivity contribution in [2.24, 2.45) is 10.9 Å². The summed E-state index contributed by atoms with van der Waals surface area (Å²) in [7, 11) is 0. The predicted octanol–water partition coefficient (Wildman–Crippen LogP) is 3.62. The second-order valence-corrected chi connectivity index (χ2v) is 4.01. The Morgan fingerprint density at radius 2 is 2.19 bits per heavy atom. The van der Waals surface area contributed by atoms with Crippen LogP contribution in [0.1, 0.15) is 52.9 Å². The summed E-state index contributed by atoms with van der Waals surface area (Å²) in [5.74, 6) is 0.626. The molecule has 3 heteroatoms. The second kappa shape index (κ2) is 11.2. The van der Waals surface area contributed by atoms with E-state index in [2.05, 4.69) is 18.8 Å². The van der Waals surface area contributed by atoms with Crippen molar-refractivity contribution >= 4 is 11.6 Å². The van der Waals surface area contributed by atoms with Crippen LogP contribution in [0.15, 0.2) is 4.99 Å².